The van der Waals surface area contributed by atoms with Crippen molar-refractivity contribution in [2.24, 2.45) is 40.9 Å². The molecule has 0 saturated heterocycles. The molecule has 4 rings (SSSR count). The molecule has 0 heterocycles. The minimum Gasteiger partial charge on any atom is -0.0625 e. The average molecular weight is 274 g/mol. The third-order valence-corrected chi connectivity index (χ3v) is 8.14. The predicted octanol–water partition coefficient (Wildman–Crippen LogP) is 6.06. The van der Waals surface area contributed by atoms with Gasteiger partial charge in [-0.25, -0.2) is 0 Å². The molecule has 0 aromatic heterocycles. The van der Waals surface area contributed by atoms with Crippen LogP contribution in [0.25, 0.3) is 0 Å². The maximum atomic E-state index is 2.54. The van der Waals surface area contributed by atoms with E-state index in [1.807, 2.05) is 0 Å². The van der Waals surface area contributed by atoms with Crippen LogP contribution < -0.4 is 0 Å². The molecular formula is C20H34. The van der Waals surface area contributed by atoms with E-state index in [2.05, 4.69) is 13.8 Å². The lowest BCUT2D eigenvalue weighted by Gasteiger charge is -2.48. The van der Waals surface area contributed by atoms with Crippen molar-refractivity contribution < 1.29 is 0 Å². The Kier molecular flexibility index (Phi) is 3.43. The molecule has 0 bridgehead atoms. The van der Waals surface area contributed by atoms with Crippen molar-refractivity contribution in [3.8, 4) is 0 Å². The van der Waals surface area contributed by atoms with Crippen molar-refractivity contribution in [3.63, 3.8) is 0 Å². The van der Waals surface area contributed by atoms with Gasteiger partial charge in [0.25, 0.3) is 0 Å². The zero-order valence-electron chi connectivity index (χ0n) is 13.7. The lowest BCUT2D eigenvalue weighted by Crippen LogP contribution is -2.39. The standard InChI is InChI=1S/C20H34/c1-14-6-8-16-17-9-7-15(2)13-19(17)20(18(16)12-14)10-4-3-5-11-20/h14-19H,3-13H2,1-2H3. The first-order chi connectivity index (χ1) is 9.71. The Balaban J connectivity index is 1.69. The molecule has 0 amide bonds. The van der Waals surface area contributed by atoms with Gasteiger partial charge in [-0.05, 0) is 79.4 Å². The number of hydrogen-bond acceptors (Lipinski definition) is 0. The van der Waals surface area contributed by atoms with Gasteiger partial charge in [0, 0.05) is 0 Å². The van der Waals surface area contributed by atoms with Gasteiger partial charge in [-0.2, -0.15) is 0 Å². The van der Waals surface area contributed by atoms with E-state index in [9.17, 15) is 0 Å². The molecule has 4 aliphatic carbocycles. The van der Waals surface area contributed by atoms with Crippen molar-refractivity contribution in [1.29, 1.82) is 0 Å². The fraction of sp³-hybridized carbons (Fsp3) is 1.00. The molecule has 0 aromatic rings. The number of hydrogen-bond donors (Lipinski definition) is 0. The fourth-order valence-corrected chi connectivity index (χ4v) is 7.38. The van der Waals surface area contributed by atoms with Crippen molar-refractivity contribution in [3.05, 3.63) is 0 Å². The Morgan fingerprint density at radius 3 is 1.65 bits per heavy atom. The van der Waals surface area contributed by atoms with Crippen molar-refractivity contribution in [2.75, 3.05) is 0 Å². The Morgan fingerprint density at radius 2 is 1.15 bits per heavy atom. The van der Waals surface area contributed by atoms with Crippen LogP contribution in [0.4, 0.5) is 0 Å². The van der Waals surface area contributed by atoms with Gasteiger partial charge < -0.3 is 0 Å². The Labute approximate surface area is 126 Å². The summed E-state index contributed by atoms with van der Waals surface area (Å²) in [6, 6.07) is 0. The van der Waals surface area contributed by atoms with Crippen molar-refractivity contribution in [1.82, 2.24) is 0 Å². The molecule has 0 heteroatoms. The predicted molar refractivity (Wildman–Crippen MR) is 85.5 cm³/mol. The van der Waals surface area contributed by atoms with E-state index in [0.29, 0.717) is 0 Å². The summed E-state index contributed by atoms with van der Waals surface area (Å²) in [5.41, 5.74) is 0.816. The number of rotatable bonds is 0. The maximum absolute atomic E-state index is 2.54. The van der Waals surface area contributed by atoms with E-state index in [-0.39, 0.29) is 0 Å². The molecule has 114 valence electrons. The molecule has 4 fully saturated rings. The van der Waals surface area contributed by atoms with Gasteiger partial charge in [0.05, 0.1) is 0 Å². The summed E-state index contributed by atoms with van der Waals surface area (Å²) >= 11 is 0. The second kappa shape index (κ2) is 5.03. The quantitative estimate of drug-likeness (QED) is 0.504. The topological polar surface area (TPSA) is 0 Å². The van der Waals surface area contributed by atoms with Crippen molar-refractivity contribution >= 4 is 0 Å². The Morgan fingerprint density at radius 1 is 0.650 bits per heavy atom. The fourth-order valence-electron chi connectivity index (χ4n) is 7.38. The van der Waals surface area contributed by atoms with Crippen LogP contribution in [-0.4, -0.2) is 0 Å². The van der Waals surface area contributed by atoms with Crippen molar-refractivity contribution in [2.45, 2.75) is 84.5 Å². The zero-order chi connectivity index (χ0) is 13.7. The lowest BCUT2D eigenvalue weighted by atomic mass is 9.57. The van der Waals surface area contributed by atoms with E-state index in [0.717, 1.165) is 40.9 Å². The van der Waals surface area contributed by atoms with E-state index in [1.165, 1.54) is 19.3 Å². The highest BCUT2D eigenvalue weighted by molar-refractivity contribution is 5.09. The summed E-state index contributed by atoms with van der Waals surface area (Å²) < 4.78 is 0. The van der Waals surface area contributed by atoms with Gasteiger partial charge >= 0.3 is 0 Å². The van der Waals surface area contributed by atoms with Gasteiger partial charge in [0.15, 0.2) is 0 Å². The summed E-state index contributed by atoms with van der Waals surface area (Å²) in [6.07, 6.45) is 17.3. The summed E-state index contributed by atoms with van der Waals surface area (Å²) in [5, 5.41) is 0. The average Bonchev–Trinajstić information content (AvgIpc) is 2.70. The van der Waals surface area contributed by atoms with Crippen LogP contribution >= 0.6 is 0 Å². The highest BCUT2D eigenvalue weighted by Crippen LogP contribution is 2.68. The van der Waals surface area contributed by atoms with Crippen LogP contribution in [0.2, 0.25) is 0 Å². The summed E-state index contributed by atoms with van der Waals surface area (Å²) in [5.74, 6) is 6.59. The molecule has 20 heavy (non-hydrogen) atoms. The minimum atomic E-state index is 0.816. The van der Waals surface area contributed by atoms with E-state index >= 15 is 0 Å². The molecule has 6 atom stereocenters. The molecule has 6 unspecified atom stereocenters. The molecule has 0 radical (unpaired) electrons. The zero-order valence-corrected chi connectivity index (χ0v) is 13.7. The first kappa shape index (κ1) is 13.6. The van der Waals surface area contributed by atoms with Gasteiger partial charge in [-0.3, -0.25) is 0 Å². The highest BCUT2D eigenvalue weighted by atomic mass is 14.6. The summed E-state index contributed by atoms with van der Waals surface area (Å²) in [4.78, 5) is 0. The van der Waals surface area contributed by atoms with Crippen LogP contribution in [0.5, 0.6) is 0 Å². The van der Waals surface area contributed by atoms with E-state index < -0.39 is 0 Å². The molecular weight excluding hydrogens is 240 g/mol. The normalized spacial score (nSPS) is 50.7. The van der Waals surface area contributed by atoms with E-state index in [1.54, 1.807) is 51.4 Å². The summed E-state index contributed by atoms with van der Waals surface area (Å²) in [6.45, 7) is 5.08. The first-order valence-electron chi connectivity index (χ1n) is 9.71. The number of fused-ring (bicyclic) bond motifs is 5. The van der Waals surface area contributed by atoms with Gasteiger partial charge in [0.2, 0.25) is 0 Å². The SMILES string of the molecule is CC1CCC2C3CCC(C)CC3C3(CCCCC3)C2C1. The largest absolute Gasteiger partial charge is 0.0625 e. The molecule has 0 aliphatic heterocycles. The van der Waals surface area contributed by atoms with Gasteiger partial charge in [-0.15, -0.1) is 0 Å². The molecule has 4 saturated carbocycles. The van der Waals surface area contributed by atoms with Gasteiger partial charge in [0.1, 0.15) is 0 Å². The minimum absolute atomic E-state index is 0.816. The molecule has 0 N–H and O–H groups in total. The molecule has 1 spiro atoms. The second-order valence-electron chi connectivity index (χ2n) is 9.17. The smallest absolute Gasteiger partial charge is 0.0235 e. The third-order valence-electron chi connectivity index (χ3n) is 8.14. The maximum Gasteiger partial charge on any atom is -0.0235 e. The Bertz CT molecular complexity index is 323. The van der Waals surface area contributed by atoms with Gasteiger partial charge in [-0.1, -0.05) is 46.0 Å². The van der Waals surface area contributed by atoms with E-state index in [4.69, 9.17) is 0 Å². The Hall–Kier alpha value is 0. The third kappa shape index (κ3) is 1.92. The summed E-state index contributed by atoms with van der Waals surface area (Å²) in [7, 11) is 0. The van der Waals surface area contributed by atoms with Crippen LogP contribution in [-0.2, 0) is 0 Å². The highest BCUT2D eigenvalue weighted by Gasteiger charge is 2.60. The first-order valence-corrected chi connectivity index (χ1v) is 9.71. The van der Waals surface area contributed by atoms with Crippen LogP contribution in [0.1, 0.15) is 84.5 Å². The second-order valence-corrected chi connectivity index (χ2v) is 9.17. The molecule has 0 aromatic carbocycles. The monoisotopic (exact) mass is 274 g/mol. The van der Waals surface area contributed by atoms with Crippen LogP contribution in [0.15, 0.2) is 0 Å². The molecule has 0 nitrogen and oxygen atoms in total. The van der Waals surface area contributed by atoms with Crippen LogP contribution in [0.3, 0.4) is 0 Å². The molecule has 4 aliphatic rings. The lowest BCUT2D eigenvalue weighted by molar-refractivity contribution is 0.0198. The van der Waals surface area contributed by atoms with Crippen LogP contribution in [0, 0.1) is 40.9 Å².